The summed E-state index contributed by atoms with van der Waals surface area (Å²) in [6.45, 7) is 6.84. The van der Waals surface area contributed by atoms with Gasteiger partial charge in [0.05, 0.1) is 0 Å². The van der Waals surface area contributed by atoms with Crippen LogP contribution < -0.4 is 10.4 Å². The van der Waals surface area contributed by atoms with Gasteiger partial charge >= 0.3 is 5.97 Å². The first-order chi connectivity index (χ1) is 12.8. The van der Waals surface area contributed by atoms with Crippen LogP contribution in [0.5, 0.6) is 0 Å². The zero-order valence-electron chi connectivity index (χ0n) is 16.5. The third kappa shape index (κ3) is 4.17. The molecule has 3 nitrogen and oxygen atoms in total. The molecular formula is C23H30O3Si. The quantitative estimate of drug-likeness (QED) is 0.762. The van der Waals surface area contributed by atoms with Crippen molar-refractivity contribution in [2.45, 2.75) is 57.6 Å². The van der Waals surface area contributed by atoms with Crippen LogP contribution in [0.1, 0.15) is 46.5 Å². The average molecular weight is 383 g/mol. The van der Waals surface area contributed by atoms with Gasteiger partial charge in [-0.1, -0.05) is 81.4 Å². The highest BCUT2D eigenvalue weighted by atomic mass is 28.4. The summed E-state index contributed by atoms with van der Waals surface area (Å²) in [6.07, 6.45) is 3.11. The van der Waals surface area contributed by atoms with E-state index in [1.165, 1.54) is 10.4 Å². The Morgan fingerprint density at radius 1 is 1.00 bits per heavy atom. The number of benzene rings is 2. The molecule has 0 heterocycles. The van der Waals surface area contributed by atoms with Gasteiger partial charge in [-0.25, -0.2) is 0 Å². The lowest BCUT2D eigenvalue weighted by Gasteiger charge is -2.44. The van der Waals surface area contributed by atoms with Crippen molar-refractivity contribution in [2.75, 3.05) is 0 Å². The standard InChI is InChI=1S/C23H30O3Si/c1-23(2,3)27(20-10-6-4-7-11-20,21-12-8-5-9-13-21)26-19-15-14-18(16-19)17-22(24)25/h4-13,18-19H,14-17H2,1-3H3,(H,24,25)/t18-,19+/m1/s1. The van der Waals surface area contributed by atoms with Gasteiger partial charge in [0.1, 0.15) is 0 Å². The number of hydrogen-bond donors (Lipinski definition) is 1. The van der Waals surface area contributed by atoms with E-state index in [-0.39, 0.29) is 23.5 Å². The third-order valence-electron chi connectivity index (χ3n) is 5.72. The van der Waals surface area contributed by atoms with Crippen molar-refractivity contribution in [3.05, 3.63) is 60.7 Å². The van der Waals surface area contributed by atoms with Crippen LogP contribution in [-0.4, -0.2) is 25.5 Å². The highest BCUT2D eigenvalue weighted by molar-refractivity contribution is 6.99. The van der Waals surface area contributed by atoms with Gasteiger partial charge in [0, 0.05) is 12.5 Å². The molecule has 1 saturated carbocycles. The molecule has 0 bridgehead atoms. The Hall–Kier alpha value is -1.91. The molecule has 144 valence electrons. The number of aliphatic carboxylic acids is 1. The molecule has 0 amide bonds. The van der Waals surface area contributed by atoms with E-state index in [1.807, 2.05) is 0 Å². The van der Waals surface area contributed by atoms with Crippen LogP contribution >= 0.6 is 0 Å². The molecule has 1 aliphatic rings. The first kappa shape index (κ1) is 19.8. The molecule has 4 heteroatoms. The predicted octanol–water partition coefficient (Wildman–Crippen LogP) is 4.21. The number of hydrogen-bond acceptors (Lipinski definition) is 2. The highest BCUT2D eigenvalue weighted by Crippen LogP contribution is 2.40. The van der Waals surface area contributed by atoms with Crippen molar-refractivity contribution in [1.82, 2.24) is 0 Å². The molecule has 2 aromatic rings. The van der Waals surface area contributed by atoms with Gasteiger partial charge in [-0.05, 0) is 40.6 Å². The van der Waals surface area contributed by atoms with Crippen molar-refractivity contribution in [3.63, 3.8) is 0 Å². The van der Waals surface area contributed by atoms with Crippen LogP contribution in [0.25, 0.3) is 0 Å². The van der Waals surface area contributed by atoms with Crippen LogP contribution in [0.3, 0.4) is 0 Å². The van der Waals surface area contributed by atoms with Crippen molar-refractivity contribution < 1.29 is 14.3 Å². The molecule has 1 fully saturated rings. The molecule has 1 aliphatic carbocycles. The van der Waals surface area contributed by atoms with Crippen LogP contribution in [-0.2, 0) is 9.22 Å². The highest BCUT2D eigenvalue weighted by Gasteiger charge is 2.52. The van der Waals surface area contributed by atoms with Crippen molar-refractivity contribution in [2.24, 2.45) is 5.92 Å². The Bertz CT molecular complexity index is 713. The van der Waals surface area contributed by atoms with Gasteiger partial charge in [0.2, 0.25) is 0 Å². The fraction of sp³-hybridized carbons (Fsp3) is 0.435. The van der Waals surface area contributed by atoms with Crippen molar-refractivity contribution in [3.8, 4) is 0 Å². The molecule has 0 radical (unpaired) electrons. The molecule has 0 aliphatic heterocycles. The van der Waals surface area contributed by atoms with Crippen molar-refractivity contribution >= 4 is 24.7 Å². The van der Waals surface area contributed by atoms with Crippen LogP contribution in [0, 0.1) is 5.92 Å². The summed E-state index contributed by atoms with van der Waals surface area (Å²) < 4.78 is 7.09. The maximum Gasteiger partial charge on any atom is 0.303 e. The molecule has 27 heavy (non-hydrogen) atoms. The fourth-order valence-electron chi connectivity index (χ4n) is 4.51. The first-order valence-electron chi connectivity index (χ1n) is 9.83. The minimum atomic E-state index is -2.53. The number of carboxylic acid groups (broad SMARTS) is 1. The molecule has 2 aromatic carbocycles. The zero-order valence-corrected chi connectivity index (χ0v) is 17.5. The lowest BCUT2D eigenvalue weighted by atomic mass is 10.0. The number of carboxylic acids is 1. The van der Waals surface area contributed by atoms with E-state index in [9.17, 15) is 4.79 Å². The van der Waals surface area contributed by atoms with Crippen LogP contribution in [0.4, 0.5) is 0 Å². The average Bonchev–Trinajstić information content (AvgIpc) is 3.06. The summed E-state index contributed by atoms with van der Waals surface area (Å²) in [6, 6.07) is 21.3. The van der Waals surface area contributed by atoms with Gasteiger partial charge in [0.25, 0.3) is 8.32 Å². The Balaban J connectivity index is 2.01. The first-order valence-corrected chi connectivity index (χ1v) is 11.7. The summed E-state index contributed by atoms with van der Waals surface area (Å²) >= 11 is 0. The van der Waals surface area contributed by atoms with E-state index in [1.54, 1.807) is 0 Å². The molecule has 0 saturated heterocycles. The summed E-state index contributed by atoms with van der Waals surface area (Å²) in [5.41, 5.74) is 0. The van der Waals surface area contributed by atoms with Crippen LogP contribution in [0.15, 0.2) is 60.7 Å². The van der Waals surface area contributed by atoms with Gasteiger partial charge in [0.15, 0.2) is 0 Å². The minimum Gasteiger partial charge on any atom is -0.481 e. The van der Waals surface area contributed by atoms with E-state index in [4.69, 9.17) is 9.53 Å². The largest absolute Gasteiger partial charge is 0.481 e. The Morgan fingerprint density at radius 2 is 1.52 bits per heavy atom. The maximum absolute atomic E-state index is 11.1. The van der Waals surface area contributed by atoms with Crippen molar-refractivity contribution in [1.29, 1.82) is 0 Å². The predicted molar refractivity (Wildman–Crippen MR) is 112 cm³/mol. The molecule has 0 unspecified atom stereocenters. The van der Waals surface area contributed by atoms with Gasteiger partial charge in [-0.15, -0.1) is 0 Å². The number of rotatable bonds is 6. The lowest BCUT2D eigenvalue weighted by Crippen LogP contribution is -2.67. The molecular weight excluding hydrogens is 352 g/mol. The van der Waals surface area contributed by atoms with E-state index >= 15 is 0 Å². The summed E-state index contributed by atoms with van der Waals surface area (Å²) in [5.74, 6) is -0.475. The lowest BCUT2D eigenvalue weighted by molar-refractivity contribution is -0.138. The molecule has 3 rings (SSSR count). The van der Waals surface area contributed by atoms with E-state index in [2.05, 4.69) is 81.4 Å². The number of carbonyl (C=O) groups is 1. The Kier molecular flexibility index (Phi) is 5.87. The molecule has 2 atom stereocenters. The topological polar surface area (TPSA) is 46.5 Å². The Labute approximate surface area is 163 Å². The second kappa shape index (κ2) is 7.99. The summed E-state index contributed by atoms with van der Waals surface area (Å²) in [5, 5.41) is 11.7. The SMILES string of the molecule is CC(C)(C)[Si](O[C@H]1CC[C@@H](CC(=O)O)C1)(c1ccccc1)c1ccccc1. The summed E-state index contributed by atoms with van der Waals surface area (Å²) in [4.78, 5) is 11.1. The smallest absolute Gasteiger partial charge is 0.303 e. The normalized spacial score (nSPS) is 20.6. The summed E-state index contributed by atoms with van der Waals surface area (Å²) in [7, 11) is -2.53. The zero-order chi connectivity index (χ0) is 19.5. The van der Waals surface area contributed by atoms with Gasteiger partial charge in [-0.2, -0.15) is 0 Å². The minimum absolute atomic E-state index is 0.0411. The second-order valence-corrected chi connectivity index (χ2v) is 12.9. The van der Waals surface area contributed by atoms with E-state index < -0.39 is 14.3 Å². The third-order valence-corrected chi connectivity index (χ3v) is 10.8. The molecule has 0 spiro atoms. The molecule has 0 aromatic heterocycles. The molecule has 1 N–H and O–H groups in total. The van der Waals surface area contributed by atoms with E-state index in [0.29, 0.717) is 0 Å². The monoisotopic (exact) mass is 382 g/mol. The maximum atomic E-state index is 11.1. The van der Waals surface area contributed by atoms with Gasteiger partial charge in [-0.3, -0.25) is 4.79 Å². The fourth-order valence-corrected chi connectivity index (χ4v) is 9.24. The van der Waals surface area contributed by atoms with Gasteiger partial charge < -0.3 is 9.53 Å². The van der Waals surface area contributed by atoms with Crippen LogP contribution in [0.2, 0.25) is 5.04 Å². The Morgan fingerprint density at radius 3 is 1.96 bits per heavy atom. The van der Waals surface area contributed by atoms with E-state index in [0.717, 1.165) is 19.3 Å². The second-order valence-electron chi connectivity index (χ2n) is 8.68.